The molecule has 2 heterocycles. The molecule has 1 saturated carbocycles. The fourth-order valence-electron chi connectivity index (χ4n) is 4.89. The van der Waals surface area contributed by atoms with Gasteiger partial charge in [-0.15, -0.1) is 0 Å². The number of aromatic nitrogens is 1. The summed E-state index contributed by atoms with van der Waals surface area (Å²) in [4.78, 5) is 18.3. The summed E-state index contributed by atoms with van der Waals surface area (Å²) >= 11 is 0. The van der Waals surface area contributed by atoms with Gasteiger partial charge in [0.15, 0.2) is 0 Å². The van der Waals surface area contributed by atoms with Crippen LogP contribution in [0.15, 0.2) is 41.4 Å². The predicted octanol–water partition coefficient (Wildman–Crippen LogP) is 4.39. The Morgan fingerprint density at radius 3 is 2.53 bits per heavy atom. The number of rotatable bonds is 5. The average Bonchev–Trinajstić information content (AvgIpc) is 3.29. The van der Waals surface area contributed by atoms with E-state index in [2.05, 4.69) is 4.98 Å². The number of hydrogen-bond acceptors (Lipinski definition) is 4. The SMILES string of the molecule is Cc1ccc(S(=O)(=O)N2CCC[C@H]2C(=O)N(C)C2CCC(F)(F)CC2)c(-c2cccnc2F)c1. The van der Waals surface area contributed by atoms with E-state index in [9.17, 15) is 26.4 Å². The number of halogens is 3. The minimum atomic E-state index is -4.16. The van der Waals surface area contributed by atoms with Crippen LogP contribution in [0.5, 0.6) is 0 Å². The van der Waals surface area contributed by atoms with Gasteiger partial charge in [-0.25, -0.2) is 22.2 Å². The van der Waals surface area contributed by atoms with Gasteiger partial charge in [-0.05, 0) is 56.9 Å². The van der Waals surface area contributed by atoms with Gasteiger partial charge in [-0.1, -0.05) is 11.6 Å². The molecule has 1 aromatic carbocycles. The first-order valence-corrected chi connectivity index (χ1v) is 12.8. The van der Waals surface area contributed by atoms with E-state index < -0.39 is 33.8 Å². The second-order valence-corrected chi connectivity index (χ2v) is 11.0. The van der Waals surface area contributed by atoms with Gasteiger partial charge in [0.25, 0.3) is 0 Å². The van der Waals surface area contributed by atoms with Crippen molar-refractivity contribution in [1.82, 2.24) is 14.2 Å². The van der Waals surface area contributed by atoms with E-state index in [0.717, 1.165) is 5.56 Å². The Kier molecular flexibility index (Phi) is 6.74. The third kappa shape index (κ3) is 4.70. The minimum absolute atomic E-state index is 0.0621. The number of benzene rings is 1. The summed E-state index contributed by atoms with van der Waals surface area (Å²) in [5.74, 6) is -3.89. The van der Waals surface area contributed by atoms with Crippen LogP contribution >= 0.6 is 0 Å². The fraction of sp³-hybridized carbons (Fsp3) is 0.500. The molecule has 1 saturated heterocycles. The highest BCUT2D eigenvalue weighted by Gasteiger charge is 2.44. The molecule has 2 aliphatic rings. The zero-order valence-electron chi connectivity index (χ0n) is 19.2. The van der Waals surface area contributed by atoms with Crippen LogP contribution in [0.1, 0.15) is 44.1 Å². The van der Waals surface area contributed by atoms with Crippen LogP contribution in [0.2, 0.25) is 0 Å². The molecule has 2 aromatic rings. The van der Waals surface area contributed by atoms with Crippen molar-refractivity contribution in [1.29, 1.82) is 0 Å². The van der Waals surface area contributed by atoms with Crippen molar-refractivity contribution in [3.8, 4) is 11.1 Å². The van der Waals surface area contributed by atoms with Crippen LogP contribution in [-0.4, -0.2) is 60.1 Å². The first-order valence-electron chi connectivity index (χ1n) is 11.4. The third-order valence-corrected chi connectivity index (χ3v) is 8.81. The average molecular weight is 496 g/mol. The summed E-state index contributed by atoms with van der Waals surface area (Å²) in [6, 6.07) is 6.37. The molecular weight excluding hydrogens is 467 g/mol. The van der Waals surface area contributed by atoms with Gasteiger partial charge in [-0.3, -0.25) is 4.79 Å². The monoisotopic (exact) mass is 495 g/mol. The molecule has 0 unspecified atom stereocenters. The Morgan fingerprint density at radius 2 is 1.85 bits per heavy atom. The number of hydrogen-bond donors (Lipinski definition) is 0. The lowest BCUT2D eigenvalue weighted by molar-refractivity contribution is -0.138. The third-order valence-electron chi connectivity index (χ3n) is 6.84. The molecule has 1 aromatic heterocycles. The van der Waals surface area contributed by atoms with Crippen LogP contribution in [0, 0.1) is 12.9 Å². The molecule has 0 bridgehead atoms. The highest BCUT2D eigenvalue weighted by molar-refractivity contribution is 7.89. The first-order chi connectivity index (χ1) is 16.0. The lowest BCUT2D eigenvalue weighted by Crippen LogP contribution is -2.50. The van der Waals surface area contributed by atoms with Gasteiger partial charge in [0.2, 0.25) is 27.8 Å². The molecule has 0 spiro atoms. The molecule has 1 atom stereocenters. The van der Waals surface area contributed by atoms with E-state index in [1.54, 1.807) is 26.1 Å². The molecule has 0 radical (unpaired) electrons. The molecular formula is C24H28F3N3O3S. The van der Waals surface area contributed by atoms with E-state index >= 15 is 0 Å². The van der Waals surface area contributed by atoms with Gasteiger partial charge < -0.3 is 4.90 Å². The molecule has 184 valence electrons. The summed E-state index contributed by atoms with van der Waals surface area (Å²) in [6.07, 6.45) is 1.91. The molecule has 4 rings (SSSR count). The van der Waals surface area contributed by atoms with Crippen molar-refractivity contribution >= 4 is 15.9 Å². The number of likely N-dealkylation sites (N-methyl/N-ethyl adjacent to an activating group) is 1. The van der Waals surface area contributed by atoms with Crippen molar-refractivity contribution in [3.05, 3.63) is 48.0 Å². The zero-order chi connectivity index (χ0) is 24.7. The molecule has 0 N–H and O–H groups in total. The van der Waals surface area contributed by atoms with Crippen molar-refractivity contribution in [3.63, 3.8) is 0 Å². The number of pyridine rings is 1. The van der Waals surface area contributed by atoms with Crippen LogP contribution in [-0.2, 0) is 14.8 Å². The number of amides is 1. The van der Waals surface area contributed by atoms with E-state index in [1.165, 1.54) is 33.6 Å². The Labute approximate surface area is 197 Å². The first kappa shape index (κ1) is 24.7. The molecule has 1 aliphatic heterocycles. The van der Waals surface area contributed by atoms with Crippen LogP contribution in [0.25, 0.3) is 11.1 Å². The standard InChI is InChI=1S/C24H28F3N3O3S/c1-16-7-8-21(19(15-16)18-5-3-13-28-22(18)25)34(32,33)30-14-4-6-20(30)23(31)29(2)17-9-11-24(26,27)12-10-17/h3,5,7-8,13,15,17,20H,4,6,9-12,14H2,1-2H3/t20-/m0/s1. The maximum absolute atomic E-state index is 14.5. The van der Waals surface area contributed by atoms with Crippen LogP contribution in [0.4, 0.5) is 13.2 Å². The van der Waals surface area contributed by atoms with Gasteiger partial charge in [0, 0.05) is 49.8 Å². The van der Waals surface area contributed by atoms with E-state index in [0.29, 0.717) is 12.8 Å². The molecule has 6 nitrogen and oxygen atoms in total. The van der Waals surface area contributed by atoms with Gasteiger partial charge in [0.05, 0.1) is 4.90 Å². The van der Waals surface area contributed by atoms with Crippen LogP contribution in [0.3, 0.4) is 0 Å². The second kappa shape index (κ2) is 9.30. The van der Waals surface area contributed by atoms with E-state index in [1.807, 2.05) is 0 Å². The Bertz CT molecular complexity index is 1180. The number of carbonyl (C=O) groups excluding carboxylic acids is 1. The number of carbonyl (C=O) groups is 1. The van der Waals surface area contributed by atoms with Gasteiger partial charge in [0.1, 0.15) is 6.04 Å². The number of alkyl halides is 2. The summed E-state index contributed by atoms with van der Waals surface area (Å²) in [5, 5.41) is 0. The maximum Gasteiger partial charge on any atom is 0.248 e. The molecule has 10 heteroatoms. The largest absolute Gasteiger partial charge is 0.341 e. The highest BCUT2D eigenvalue weighted by atomic mass is 32.2. The smallest absolute Gasteiger partial charge is 0.248 e. The Hall–Kier alpha value is -2.46. The quantitative estimate of drug-likeness (QED) is 0.577. The lowest BCUT2D eigenvalue weighted by atomic mass is 9.91. The summed E-state index contributed by atoms with van der Waals surface area (Å²) in [6.45, 7) is 1.93. The lowest BCUT2D eigenvalue weighted by Gasteiger charge is -2.37. The molecule has 2 fully saturated rings. The Morgan fingerprint density at radius 1 is 1.15 bits per heavy atom. The van der Waals surface area contributed by atoms with Crippen molar-refractivity contribution in [2.45, 2.75) is 68.4 Å². The molecule has 1 amide bonds. The summed E-state index contributed by atoms with van der Waals surface area (Å²) in [7, 11) is -2.60. The summed E-state index contributed by atoms with van der Waals surface area (Å²) < 4.78 is 70.3. The number of aryl methyl sites for hydroxylation is 1. The topological polar surface area (TPSA) is 70.6 Å². The predicted molar refractivity (Wildman–Crippen MR) is 121 cm³/mol. The van der Waals surface area contributed by atoms with Crippen molar-refractivity contribution in [2.75, 3.05) is 13.6 Å². The molecule has 1 aliphatic carbocycles. The minimum Gasteiger partial charge on any atom is -0.341 e. The van der Waals surface area contributed by atoms with E-state index in [-0.39, 0.29) is 54.3 Å². The van der Waals surface area contributed by atoms with E-state index in [4.69, 9.17) is 0 Å². The summed E-state index contributed by atoms with van der Waals surface area (Å²) in [5.41, 5.74) is 0.999. The van der Waals surface area contributed by atoms with Crippen LogP contribution < -0.4 is 0 Å². The fourth-order valence-corrected chi connectivity index (χ4v) is 6.73. The maximum atomic E-state index is 14.5. The zero-order valence-corrected chi connectivity index (χ0v) is 20.0. The number of nitrogens with zero attached hydrogens (tertiary/aromatic N) is 3. The Balaban J connectivity index is 1.64. The van der Waals surface area contributed by atoms with Crippen molar-refractivity contribution in [2.24, 2.45) is 0 Å². The van der Waals surface area contributed by atoms with Crippen molar-refractivity contribution < 1.29 is 26.4 Å². The number of sulfonamides is 1. The highest BCUT2D eigenvalue weighted by Crippen LogP contribution is 2.37. The van der Waals surface area contributed by atoms with Gasteiger partial charge in [-0.2, -0.15) is 8.70 Å². The molecule has 34 heavy (non-hydrogen) atoms. The normalized spacial score (nSPS) is 21.5. The second-order valence-electron chi connectivity index (χ2n) is 9.15. The van der Waals surface area contributed by atoms with Gasteiger partial charge >= 0.3 is 0 Å².